The Morgan fingerprint density at radius 1 is 1.32 bits per heavy atom. The normalized spacial score (nSPS) is 18.5. The highest BCUT2D eigenvalue weighted by Crippen LogP contribution is 2.32. The number of methoxy groups -OCH3 is 1. The monoisotopic (exact) mass is 539 g/mol. The van der Waals surface area contributed by atoms with E-state index in [2.05, 4.69) is 20.2 Å². The molecule has 38 heavy (non-hydrogen) atoms. The van der Waals surface area contributed by atoms with Gasteiger partial charge in [-0.3, -0.25) is 4.79 Å². The van der Waals surface area contributed by atoms with Crippen LogP contribution in [0.3, 0.4) is 0 Å². The average Bonchev–Trinajstić information content (AvgIpc) is 3.31. The van der Waals surface area contributed by atoms with Gasteiger partial charge in [0.25, 0.3) is 5.56 Å². The van der Waals surface area contributed by atoms with Crippen LogP contribution in [0.25, 0.3) is 22.4 Å². The number of hydrogen-bond donors (Lipinski definition) is 5. The third-order valence-electron chi connectivity index (χ3n) is 6.63. The van der Waals surface area contributed by atoms with Crippen LogP contribution in [-0.2, 0) is 4.74 Å². The zero-order chi connectivity index (χ0) is 27.0. The Morgan fingerprint density at radius 2 is 2.13 bits per heavy atom. The van der Waals surface area contributed by atoms with Gasteiger partial charge in [-0.1, -0.05) is 17.7 Å². The highest BCUT2D eigenvalue weighted by Gasteiger charge is 2.30. The molecule has 3 heterocycles. The molecule has 5 N–H and O–H groups in total. The van der Waals surface area contributed by atoms with Crippen LogP contribution in [0, 0.1) is 6.92 Å². The molecule has 0 radical (unpaired) electrons. The Labute approximate surface area is 224 Å². The number of aliphatic hydroxyl groups is 2. The molecule has 1 saturated heterocycles. The quantitative estimate of drug-likeness (QED) is 0.240. The fourth-order valence-corrected chi connectivity index (χ4v) is 4.99. The summed E-state index contributed by atoms with van der Waals surface area (Å²) in [5.74, 6) is -0.296. The van der Waals surface area contributed by atoms with Gasteiger partial charge < -0.3 is 39.9 Å². The molecule has 2 atom stereocenters. The number of imidazole rings is 1. The number of aromatic nitrogens is 3. The Bertz CT molecular complexity index is 1530. The van der Waals surface area contributed by atoms with Gasteiger partial charge in [0, 0.05) is 25.0 Å². The molecule has 0 unspecified atom stereocenters. The van der Waals surface area contributed by atoms with Gasteiger partial charge in [-0.2, -0.15) is 0 Å². The van der Waals surface area contributed by atoms with Crippen LogP contribution < -0.4 is 20.5 Å². The van der Waals surface area contributed by atoms with Crippen molar-refractivity contribution in [2.75, 3.05) is 43.6 Å². The summed E-state index contributed by atoms with van der Waals surface area (Å²) in [6.45, 7) is 5.15. The predicted octanol–water partition coefficient (Wildman–Crippen LogP) is 3.58. The second-order valence-corrected chi connectivity index (χ2v) is 9.98. The smallest absolute Gasteiger partial charge is 0.261 e. The largest absolute Gasteiger partial charge is 0.495 e. The number of morpholine rings is 1. The zero-order valence-corrected chi connectivity index (χ0v) is 22.1. The minimum Gasteiger partial charge on any atom is -0.495 e. The van der Waals surface area contributed by atoms with Crippen molar-refractivity contribution in [3.05, 3.63) is 69.1 Å². The molecule has 0 amide bonds. The molecule has 2 aromatic heterocycles. The van der Waals surface area contributed by atoms with Crippen LogP contribution in [0.4, 0.5) is 11.4 Å². The van der Waals surface area contributed by atoms with Gasteiger partial charge in [0.1, 0.15) is 17.1 Å². The molecule has 5 rings (SSSR count). The highest BCUT2D eigenvalue weighted by molar-refractivity contribution is 6.32. The molecule has 10 nitrogen and oxygen atoms in total. The number of β-amino-alcohol motifs (C(OH)–C–C–N with tert-alkyl or cyclic N) is 1. The molecular formula is C27H30ClN5O5. The summed E-state index contributed by atoms with van der Waals surface area (Å²) in [4.78, 5) is 25.7. The SMILES string of the molecule is COc1ccc([C@H](O)CNc2cc[nH]c(=O)c2-c2nc3c(C)cc(N4CCO[C@](C)(O)C4)cc3[nH]2)cc1Cl. The van der Waals surface area contributed by atoms with Crippen LogP contribution in [0.15, 0.2) is 47.4 Å². The lowest BCUT2D eigenvalue weighted by molar-refractivity contribution is -0.193. The minimum absolute atomic E-state index is 0.138. The van der Waals surface area contributed by atoms with Gasteiger partial charge in [0.2, 0.25) is 0 Å². The molecule has 0 spiro atoms. The fourth-order valence-electron chi connectivity index (χ4n) is 4.72. The number of hydrogen-bond acceptors (Lipinski definition) is 8. The van der Waals surface area contributed by atoms with Crippen molar-refractivity contribution >= 4 is 34.0 Å². The number of halogens is 1. The van der Waals surface area contributed by atoms with Crippen LogP contribution in [0.2, 0.25) is 5.02 Å². The minimum atomic E-state index is -1.22. The van der Waals surface area contributed by atoms with Crippen molar-refractivity contribution in [3.8, 4) is 17.1 Å². The summed E-state index contributed by atoms with van der Waals surface area (Å²) in [5.41, 5.74) is 4.51. The van der Waals surface area contributed by atoms with Crippen molar-refractivity contribution in [1.29, 1.82) is 0 Å². The fraction of sp³-hybridized carbons (Fsp3) is 0.333. The highest BCUT2D eigenvalue weighted by atomic mass is 35.5. The molecule has 0 saturated carbocycles. The molecule has 4 aromatic rings. The summed E-state index contributed by atoms with van der Waals surface area (Å²) >= 11 is 6.21. The van der Waals surface area contributed by atoms with E-state index in [0.29, 0.717) is 53.1 Å². The molecule has 200 valence electrons. The number of nitrogens with zero attached hydrogens (tertiary/aromatic N) is 2. The summed E-state index contributed by atoms with van der Waals surface area (Å²) in [7, 11) is 1.53. The van der Waals surface area contributed by atoms with Gasteiger partial charge in [-0.15, -0.1) is 0 Å². The number of fused-ring (bicyclic) bond motifs is 1. The first-order chi connectivity index (χ1) is 18.1. The first kappa shape index (κ1) is 26.1. The van der Waals surface area contributed by atoms with E-state index >= 15 is 0 Å². The molecule has 1 aliphatic rings. The van der Waals surface area contributed by atoms with Crippen molar-refractivity contribution in [1.82, 2.24) is 15.0 Å². The summed E-state index contributed by atoms with van der Waals surface area (Å²) in [6.07, 6.45) is 0.665. The average molecular weight is 540 g/mol. The lowest BCUT2D eigenvalue weighted by Crippen LogP contribution is -2.50. The van der Waals surface area contributed by atoms with Gasteiger partial charge in [0.15, 0.2) is 5.79 Å². The predicted molar refractivity (Wildman–Crippen MR) is 147 cm³/mol. The number of aryl methyl sites for hydroxylation is 1. The zero-order valence-electron chi connectivity index (χ0n) is 21.3. The number of anilines is 2. The van der Waals surface area contributed by atoms with E-state index < -0.39 is 11.9 Å². The Morgan fingerprint density at radius 3 is 2.87 bits per heavy atom. The molecular weight excluding hydrogens is 510 g/mol. The summed E-state index contributed by atoms with van der Waals surface area (Å²) < 4.78 is 10.6. The van der Waals surface area contributed by atoms with Crippen LogP contribution >= 0.6 is 11.6 Å². The summed E-state index contributed by atoms with van der Waals surface area (Å²) in [5, 5.41) is 24.7. The maximum absolute atomic E-state index is 12.9. The van der Waals surface area contributed by atoms with E-state index in [1.54, 1.807) is 37.4 Å². The van der Waals surface area contributed by atoms with Crippen molar-refractivity contribution in [2.45, 2.75) is 25.7 Å². The lowest BCUT2D eigenvalue weighted by Gasteiger charge is -2.38. The van der Waals surface area contributed by atoms with E-state index in [0.717, 1.165) is 22.3 Å². The topological polar surface area (TPSA) is 136 Å². The van der Waals surface area contributed by atoms with Crippen molar-refractivity contribution < 1.29 is 19.7 Å². The molecule has 0 bridgehead atoms. The molecule has 1 aliphatic heterocycles. The van der Waals surface area contributed by atoms with Crippen LogP contribution in [0.5, 0.6) is 5.75 Å². The molecule has 0 aliphatic carbocycles. The Balaban J connectivity index is 1.43. The maximum Gasteiger partial charge on any atom is 0.261 e. The number of rotatable bonds is 7. The van der Waals surface area contributed by atoms with Gasteiger partial charge in [-0.05, 0) is 55.3 Å². The number of benzene rings is 2. The van der Waals surface area contributed by atoms with E-state index in [1.807, 2.05) is 19.1 Å². The molecule has 1 fully saturated rings. The van der Waals surface area contributed by atoms with E-state index in [-0.39, 0.29) is 12.1 Å². The lowest BCUT2D eigenvalue weighted by atomic mass is 10.1. The Hall–Kier alpha value is -3.57. The van der Waals surface area contributed by atoms with Crippen LogP contribution in [0.1, 0.15) is 24.2 Å². The number of ether oxygens (including phenoxy) is 2. The number of aliphatic hydroxyl groups excluding tert-OH is 1. The second kappa shape index (κ2) is 10.3. The first-order valence-electron chi connectivity index (χ1n) is 12.2. The summed E-state index contributed by atoms with van der Waals surface area (Å²) in [6, 6.07) is 10.8. The van der Waals surface area contributed by atoms with Crippen molar-refractivity contribution in [2.24, 2.45) is 0 Å². The Kier molecular flexibility index (Phi) is 7.06. The van der Waals surface area contributed by atoms with Crippen LogP contribution in [-0.4, -0.2) is 64.3 Å². The van der Waals surface area contributed by atoms with Gasteiger partial charge >= 0.3 is 0 Å². The second-order valence-electron chi connectivity index (χ2n) is 9.58. The van der Waals surface area contributed by atoms with E-state index in [4.69, 9.17) is 26.1 Å². The molecule has 11 heteroatoms. The number of H-pyrrole nitrogens is 2. The van der Waals surface area contributed by atoms with E-state index in [1.165, 1.54) is 7.11 Å². The van der Waals surface area contributed by atoms with Gasteiger partial charge in [-0.25, -0.2) is 4.98 Å². The molecule has 2 aromatic carbocycles. The first-order valence-corrected chi connectivity index (χ1v) is 12.6. The standard InChI is InChI=1S/C27H30ClN5O5/c1-15-10-17(33-8-9-38-27(2,36)14-33)12-20-24(15)32-25(31-20)23-19(6-7-29-26(23)35)30-13-21(34)16-4-5-22(37-3)18(28)11-16/h4-7,10-12,21,34,36H,8-9,13-14H2,1-3H3,(H,31,32)(H2,29,30,35)/t21-,27+/m1/s1. The number of nitrogens with one attached hydrogen (secondary N) is 3. The van der Waals surface area contributed by atoms with Crippen molar-refractivity contribution in [3.63, 3.8) is 0 Å². The number of pyridine rings is 1. The number of aromatic amines is 2. The third kappa shape index (κ3) is 5.21. The third-order valence-corrected chi connectivity index (χ3v) is 6.93. The maximum atomic E-state index is 12.9. The van der Waals surface area contributed by atoms with E-state index in [9.17, 15) is 15.0 Å². The van der Waals surface area contributed by atoms with Gasteiger partial charge in [0.05, 0.1) is 48.1 Å².